The average Bonchev–Trinajstić information content (AvgIpc) is 2.30. The van der Waals surface area contributed by atoms with Crippen LogP contribution in [-0.4, -0.2) is 42.6 Å². The molecule has 1 heterocycles. The number of hydrogen-bond donors (Lipinski definition) is 1. The molecule has 0 unspecified atom stereocenters. The van der Waals surface area contributed by atoms with E-state index in [2.05, 4.69) is 5.32 Å². The van der Waals surface area contributed by atoms with Gasteiger partial charge in [0.15, 0.2) is 0 Å². The van der Waals surface area contributed by atoms with E-state index < -0.39 is 5.82 Å². The highest BCUT2D eigenvalue weighted by atomic mass is 19.1. The Balaban J connectivity index is 1.89. The maximum Gasteiger partial charge on any atom is 0.238 e. The van der Waals surface area contributed by atoms with Gasteiger partial charge in [-0.2, -0.15) is 0 Å². The van der Waals surface area contributed by atoms with E-state index in [1.165, 1.54) is 6.07 Å². The standard InChI is InChI=1S/C14H19FN2O2/c1-10-7-17(8-11(2)19-10)9-14(18)16-13-6-4-3-5-12(13)15/h3-6,10-11H,7-9H2,1-2H3,(H,16,18)/t10-,11-/m1/s1. The molecule has 0 aromatic heterocycles. The zero-order chi connectivity index (χ0) is 13.8. The quantitative estimate of drug-likeness (QED) is 0.908. The Morgan fingerprint density at radius 2 is 2.00 bits per heavy atom. The van der Waals surface area contributed by atoms with Gasteiger partial charge >= 0.3 is 0 Å². The molecule has 5 heteroatoms. The first kappa shape index (κ1) is 14.0. The first-order valence-electron chi connectivity index (χ1n) is 6.47. The maximum absolute atomic E-state index is 13.4. The smallest absolute Gasteiger partial charge is 0.238 e. The molecule has 1 aliphatic heterocycles. The molecule has 1 amide bonds. The fraction of sp³-hybridized carbons (Fsp3) is 0.500. The number of nitrogens with one attached hydrogen (secondary N) is 1. The van der Waals surface area contributed by atoms with Crippen LogP contribution in [0.4, 0.5) is 10.1 Å². The number of morpholine rings is 1. The second kappa shape index (κ2) is 6.12. The number of benzene rings is 1. The summed E-state index contributed by atoms with van der Waals surface area (Å²) in [6, 6.07) is 6.17. The van der Waals surface area contributed by atoms with Gasteiger partial charge in [-0.25, -0.2) is 4.39 Å². The fourth-order valence-corrected chi connectivity index (χ4v) is 2.37. The molecule has 1 aliphatic rings. The van der Waals surface area contributed by atoms with Crippen molar-refractivity contribution in [1.29, 1.82) is 0 Å². The molecule has 0 bridgehead atoms. The normalized spacial score (nSPS) is 24.2. The third-order valence-electron chi connectivity index (χ3n) is 3.01. The first-order chi connectivity index (χ1) is 9.04. The molecule has 19 heavy (non-hydrogen) atoms. The number of halogens is 1. The highest BCUT2D eigenvalue weighted by molar-refractivity contribution is 5.92. The number of anilines is 1. The number of para-hydroxylation sites is 1. The van der Waals surface area contributed by atoms with E-state index in [9.17, 15) is 9.18 Å². The summed E-state index contributed by atoms with van der Waals surface area (Å²) in [5.74, 6) is -0.619. The van der Waals surface area contributed by atoms with E-state index in [-0.39, 0.29) is 30.3 Å². The van der Waals surface area contributed by atoms with Gasteiger partial charge in [0.2, 0.25) is 5.91 Å². The van der Waals surface area contributed by atoms with Gasteiger partial charge in [0, 0.05) is 13.1 Å². The lowest BCUT2D eigenvalue weighted by atomic mass is 10.2. The van der Waals surface area contributed by atoms with E-state index in [0.29, 0.717) is 0 Å². The van der Waals surface area contributed by atoms with Crippen molar-refractivity contribution in [3.63, 3.8) is 0 Å². The summed E-state index contributed by atoms with van der Waals surface area (Å²) < 4.78 is 19.0. The molecule has 1 aromatic rings. The minimum absolute atomic E-state index is 0.116. The molecule has 0 aliphatic carbocycles. The largest absolute Gasteiger partial charge is 0.373 e. The average molecular weight is 266 g/mol. The molecule has 2 rings (SSSR count). The highest BCUT2D eigenvalue weighted by Crippen LogP contribution is 2.13. The molecule has 1 fully saturated rings. The van der Waals surface area contributed by atoms with Crippen molar-refractivity contribution in [2.75, 3.05) is 25.0 Å². The van der Waals surface area contributed by atoms with E-state index in [1.54, 1.807) is 18.2 Å². The van der Waals surface area contributed by atoms with Crippen LogP contribution in [0.3, 0.4) is 0 Å². The summed E-state index contributed by atoms with van der Waals surface area (Å²) in [6.45, 7) is 5.66. The summed E-state index contributed by atoms with van der Waals surface area (Å²) >= 11 is 0. The predicted molar refractivity (Wildman–Crippen MR) is 71.5 cm³/mol. The van der Waals surface area contributed by atoms with Gasteiger partial charge in [-0.15, -0.1) is 0 Å². The van der Waals surface area contributed by atoms with Crippen LogP contribution in [0.2, 0.25) is 0 Å². The molecular formula is C14H19FN2O2. The van der Waals surface area contributed by atoms with Crippen LogP contribution in [0.25, 0.3) is 0 Å². The van der Waals surface area contributed by atoms with Crippen molar-refractivity contribution < 1.29 is 13.9 Å². The van der Waals surface area contributed by atoms with Crippen molar-refractivity contribution >= 4 is 11.6 Å². The molecule has 4 nitrogen and oxygen atoms in total. The Bertz CT molecular complexity index is 443. The topological polar surface area (TPSA) is 41.6 Å². The number of amides is 1. The first-order valence-corrected chi connectivity index (χ1v) is 6.47. The molecule has 1 aromatic carbocycles. The third kappa shape index (κ3) is 4.01. The molecule has 104 valence electrons. The molecule has 0 radical (unpaired) electrons. The number of hydrogen-bond acceptors (Lipinski definition) is 3. The molecule has 1 N–H and O–H groups in total. The lowest BCUT2D eigenvalue weighted by Crippen LogP contribution is -2.48. The predicted octanol–water partition coefficient (Wildman–Crippen LogP) is 1.87. The van der Waals surface area contributed by atoms with E-state index in [4.69, 9.17) is 4.74 Å². The summed E-state index contributed by atoms with van der Waals surface area (Å²) in [5.41, 5.74) is 0.224. The molecule has 0 saturated carbocycles. The minimum Gasteiger partial charge on any atom is -0.373 e. The molecule has 1 saturated heterocycles. The fourth-order valence-electron chi connectivity index (χ4n) is 2.37. The lowest BCUT2D eigenvalue weighted by molar-refractivity contribution is -0.121. The van der Waals surface area contributed by atoms with E-state index >= 15 is 0 Å². The SMILES string of the molecule is C[C@@H]1CN(CC(=O)Nc2ccccc2F)C[C@@H](C)O1. The summed E-state index contributed by atoms with van der Waals surface area (Å²) in [4.78, 5) is 13.9. The van der Waals surface area contributed by atoms with Crippen molar-refractivity contribution in [3.05, 3.63) is 30.1 Å². The van der Waals surface area contributed by atoms with Crippen LogP contribution in [0, 0.1) is 5.82 Å². The zero-order valence-electron chi connectivity index (χ0n) is 11.2. The number of nitrogens with zero attached hydrogens (tertiary/aromatic N) is 1. The zero-order valence-corrected chi connectivity index (χ0v) is 11.2. The van der Waals surface area contributed by atoms with E-state index in [0.717, 1.165) is 13.1 Å². The number of carbonyl (C=O) groups excluding carboxylic acids is 1. The van der Waals surface area contributed by atoms with Gasteiger partial charge in [-0.1, -0.05) is 12.1 Å². The van der Waals surface area contributed by atoms with E-state index in [1.807, 2.05) is 18.7 Å². The van der Waals surface area contributed by atoms with Crippen LogP contribution in [0.5, 0.6) is 0 Å². The Labute approximate surface area is 112 Å². The van der Waals surface area contributed by atoms with Crippen LogP contribution >= 0.6 is 0 Å². The minimum atomic E-state index is -0.417. The number of carbonyl (C=O) groups is 1. The molecule has 2 atom stereocenters. The Morgan fingerprint density at radius 3 is 2.63 bits per heavy atom. The monoisotopic (exact) mass is 266 g/mol. The van der Waals surface area contributed by atoms with Crippen molar-refractivity contribution in [2.24, 2.45) is 0 Å². The Hall–Kier alpha value is -1.46. The van der Waals surface area contributed by atoms with Crippen molar-refractivity contribution in [2.45, 2.75) is 26.1 Å². The van der Waals surface area contributed by atoms with Crippen LogP contribution in [0.15, 0.2) is 24.3 Å². The van der Waals surface area contributed by atoms with Crippen LogP contribution in [0.1, 0.15) is 13.8 Å². The second-order valence-electron chi connectivity index (χ2n) is 4.98. The molecule has 0 spiro atoms. The molecular weight excluding hydrogens is 247 g/mol. The Kier molecular flexibility index (Phi) is 4.50. The van der Waals surface area contributed by atoms with Gasteiger partial charge < -0.3 is 10.1 Å². The van der Waals surface area contributed by atoms with Gasteiger partial charge in [0.05, 0.1) is 24.4 Å². The highest BCUT2D eigenvalue weighted by Gasteiger charge is 2.23. The lowest BCUT2D eigenvalue weighted by Gasteiger charge is -2.34. The van der Waals surface area contributed by atoms with Crippen molar-refractivity contribution in [1.82, 2.24) is 4.90 Å². The summed E-state index contributed by atoms with van der Waals surface area (Å²) in [6.07, 6.45) is 0.232. The summed E-state index contributed by atoms with van der Waals surface area (Å²) in [5, 5.41) is 2.59. The number of rotatable bonds is 3. The third-order valence-corrected chi connectivity index (χ3v) is 3.01. The Morgan fingerprint density at radius 1 is 1.37 bits per heavy atom. The van der Waals surface area contributed by atoms with Gasteiger partial charge in [0.1, 0.15) is 5.82 Å². The van der Waals surface area contributed by atoms with Crippen LogP contribution in [-0.2, 0) is 9.53 Å². The second-order valence-corrected chi connectivity index (χ2v) is 4.98. The number of ether oxygens (including phenoxy) is 1. The maximum atomic E-state index is 13.4. The van der Waals surface area contributed by atoms with Gasteiger partial charge in [-0.3, -0.25) is 9.69 Å². The van der Waals surface area contributed by atoms with Gasteiger partial charge in [-0.05, 0) is 26.0 Å². The van der Waals surface area contributed by atoms with Crippen LogP contribution < -0.4 is 5.32 Å². The van der Waals surface area contributed by atoms with Gasteiger partial charge in [0.25, 0.3) is 0 Å². The summed E-state index contributed by atoms with van der Waals surface area (Å²) in [7, 11) is 0. The van der Waals surface area contributed by atoms with Crippen molar-refractivity contribution in [3.8, 4) is 0 Å².